The molecule has 4 heteroatoms. The first-order valence-electron chi connectivity index (χ1n) is 6.50. The first-order chi connectivity index (χ1) is 9.11. The van der Waals surface area contributed by atoms with Crippen molar-refractivity contribution < 1.29 is 0 Å². The SMILES string of the molecule is CCNC(Cc1sccc1Br)c1ncc(C)cc1C. The van der Waals surface area contributed by atoms with E-state index in [1.807, 2.05) is 6.20 Å². The molecule has 0 aromatic carbocycles. The van der Waals surface area contributed by atoms with Gasteiger partial charge in [-0.05, 0) is 58.9 Å². The van der Waals surface area contributed by atoms with Crippen molar-refractivity contribution >= 4 is 27.3 Å². The highest BCUT2D eigenvalue weighted by molar-refractivity contribution is 9.10. The van der Waals surface area contributed by atoms with E-state index in [-0.39, 0.29) is 6.04 Å². The first-order valence-corrected chi connectivity index (χ1v) is 8.17. The number of likely N-dealkylation sites (N-methyl/N-ethyl adjacent to an activating group) is 1. The Morgan fingerprint density at radius 1 is 1.42 bits per heavy atom. The summed E-state index contributed by atoms with van der Waals surface area (Å²) in [5, 5.41) is 5.67. The largest absolute Gasteiger partial charge is 0.309 e. The van der Waals surface area contributed by atoms with Crippen LogP contribution in [0.3, 0.4) is 0 Å². The summed E-state index contributed by atoms with van der Waals surface area (Å²) in [5.74, 6) is 0. The van der Waals surface area contributed by atoms with Crippen LogP contribution in [0.15, 0.2) is 28.2 Å². The van der Waals surface area contributed by atoms with E-state index in [1.54, 1.807) is 11.3 Å². The fourth-order valence-electron chi connectivity index (χ4n) is 2.26. The summed E-state index contributed by atoms with van der Waals surface area (Å²) in [7, 11) is 0. The quantitative estimate of drug-likeness (QED) is 0.872. The minimum atomic E-state index is 0.278. The summed E-state index contributed by atoms with van der Waals surface area (Å²) in [5.41, 5.74) is 3.64. The Labute approximate surface area is 127 Å². The number of pyridine rings is 1. The van der Waals surface area contributed by atoms with Gasteiger partial charge in [-0.2, -0.15) is 0 Å². The maximum Gasteiger partial charge on any atom is 0.0606 e. The highest BCUT2D eigenvalue weighted by Gasteiger charge is 2.17. The monoisotopic (exact) mass is 338 g/mol. The molecule has 0 aliphatic heterocycles. The molecule has 2 heterocycles. The highest BCUT2D eigenvalue weighted by atomic mass is 79.9. The number of nitrogens with zero attached hydrogens (tertiary/aromatic N) is 1. The van der Waals surface area contributed by atoms with Gasteiger partial charge in [-0.1, -0.05) is 13.0 Å². The molecular formula is C15H19BrN2S. The number of hydrogen-bond donors (Lipinski definition) is 1. The molecule has 102 valence electrons. The van der Waals surface area contributed by atoms with Gasteiger partial charge in [0.2, 0.25) is 0 Å². The van der Waals surface area contributed by atoms with E-state index in [0.29, 0.717) is 0 Å². The number of hydrogen-bond acceptors (Lipinski definition) is 3. The second-order valence-corrected chi connectivity index (χ2v) is 6.58. The summed E-state index contributed by atoms with van der Waals surface area (Å²) in [6, 6.07) is 4.59. The molecule has 0 saturated heterocycles. The van der Waals surface area contributed by atoms with Gasteiger partial charge in [-0.25, -0.2) is 0 Å². The normalized spacial score (nSPS) is 12.6. The number of halogens is 1. The lowest BCUT2D eigenvalue weighted by Gasteiger charge is -2.19. The molecular weight excluding hydrogens is 320 g/mol. The predicted octanol–water partition coefficient (Wildman–Crippen LogP) is 4.42. The average molecular weight is 339 g/mol. The number of nitrogens with one attached hydrogen (secondary N) is 1. The third-order valence-electron chi connectivity index (χ3n) is 3.12. The standard InChI is InChI=1S/C15H19BrN2S/c1-4-17-13(8-14-12(16)5-6-19-14)15-11(3)7-10(2)9-18-15/h5-7,9,13,17H,4,8H2,1-3H3. The maximum absolute atomic E-state index is 4.63. The van der Waals surface area contributed by atoms with Crippen LogP contribution in [-0.4, -0.2) is 11.5 Å². The summed E-state index contributed by atoms with van der Waals surface area (Å²) in [4.78, 5) is 6.00. The molecule has 0 saturated carbocycles. The molecule has 0 amide bonds. The number of aryl methyl sites for hydroxylation is 2. The van der Waals surface area contributed by atoms with Crippen LogP contribution in [0.1, 0.15) is 34.7 Å². The van der Waals surface area contributed by atoms with Gasteiger partial charge >= 0.3 is 0 Å². The summed E-state index contributed by atoms with van der Waals surface area (Å²) in [6.45, 7) is 7.31. The fourth-order valence-corrected chi connectivity index (χ4v) is 3.82. The van der Waals surface area contributed by atoms with E-state index >= 15 is 0 Å². The zero-order chi connectivity index (χ0) is 13.8. The second kappa shape index (κ2) is 6.64. The van der Waals surface area contributed by atoms with Gasteiger partial charge in [0.15, 0.2) is 0 Å². The smallest absolute Gasteiger partial charge is 0.0606 e. The number of thiophene rings is 1. The Morgan fingerprint density at radius 2 is 2.21 bits per heavy atom. The first kappa shape index (κ1) is 14.7. The van der Waals surface area contributed by atoms with E-state index in [2.05, 4.69) is 64.5 Å². The molecule has 1 N–H and O–H groups in total. The van der Waals surface area contributed by atoms with Crippen LogP contribution in [0.25, 0.3) is 0 Å². The molecule has 0 aliphatic rings. The maximum atomic E-state index is 4.63. The Bertz CT molecular complexity index is 551. The van der Waals surface area contributed by atoms with Crippen LogP contribution in [0.2, 0.25) is 0 Å². The minimum absolute atomic E-state index is 0.278. The third kappa shape index (κ3) is 3.65. The molecule has 1 atom stereocenters. The fraction of sp³-hybridized carbons (Fsp3) is 0.400. The lowest BCUT2D eigenvalue weighted by molar-refractivity contribution is 0.536. The van der Waals surface area contributed by atoms with Crippen molar-refractivity contribution in [3.8, 4) is 0 Å². The van der Waals surface area contributed by atoms with Gasteiger partial charge in [-0.15, -0.1) is 11.3 Å². The minimum Gasteiger partial charge on any atom is -0.309 e. The molecule has 0 fully saturated rings. The van der Waals surface area contributed by atoms with Crippen LogP contribution in [-0.2, 0) is 6.42 Å². The molecule has 0 bridgehead atoms. The molecule has 1 unspecified atom stereocenters. The summed E-state index contributed by atoms with van der Waals surface area (Å²) >= 11 is 5.40. The van der Waals surface area contributed by atoms with Crippen LogP contribution < -0.4 is 5.32 Å². The van der Waals surface area contributed by atoms with Gasteiger partial charge in [0.25, 0.3) is 0 Å². The van der Waals surface area contributed by atoms with Crippen LogP contribution in [0, 0.1) is 13.8 Å². The van der Waals surface area contributed by atoms with Crippen LogP contribution in [0.5, 0.6) is 0 Å². The van der Waals surface area contributed by atoms with E-state index < -0.39 is 0 Å². The summed E-state index contributed by atoms with van der Waals surface area (Å²) in [6.07, 6.45) is 2.93. The molecule has 0 spiro atoms. The van der Waals surface area contributed by atoms with Gasteiger partial charge in [-0.3, -0.25) is 4.98 Å². The lowest BCUT2D eigenvalue weighted by Crippen LogP contribution is -2.24. The van der Waals surface area contributed by atoms with Gasteiger partial charge in [0, 0.05) is 22.0 Å². The molecule has 2 rings (SSSR count). The van der Waals surface area contributed by atoms with E-state index in [9.17, 15) is 0 Å². The molecule has 2 aromatic heterocycles. The van der Waals surface area contributed by atoms with Gasteiger partial charge in [0.1, 0.15) is 0 Å². The predicted molar refractivity (Wildman–Crippen MR) is 85.9 cm³/mol. The highest BCUT2D eigenvalue weighted by Crippen LogP contribution is 2.28. The van der Waals surface area contributed by atoms with Crippen molar-refractivity contribution in [1.82, 2.24) is 10.3 Å². The molecule has 2 aromatic rings. The number of rotatable bonds is 5. The van der Waals surface area contributed by atoms with Crippen LogP contribution in [0.4, 0.5) is 0 Å². The molecule has 2 nitrogen and oxygen atoms in total. The Hall–Kier alpha value is -0.710. The Balaban J connectivity index is 2.27. The van der Waals surface area contributed by atoms with Crippen molar-refractivity contribution in [2.24, 2.45) is 0 Å². The molecule has 19 heavy (non-hydrogen) atoms. The third-order valence-corrected chi connectivity index (χ3v) is 5.07. The van der Waals surface area contributed by atoms with E-state index in [4.69, 9.17) is 0 Å². The Kier molecular flexibility index (Phi) is 5.13. The number of aromatic nitrogens is 1. The summed E-state index contributed by atoms with van der Waals surface area (Å²) < 4.78 is 1.20. The van der Waals surface area contributed by atoms with Crippen molar-refractivity contribution in [3.05, 3.63) is 49.9 Å². The van der Waals surface area contributed by atoms with Crippen molar-refractivity contribution in [1.29, 1.82) is 0 Å². The Morgan fingerprint density at radius 3 is 2.79 bits per heavy atom. The van der Waals surface area contributed by atoms with Gasteiger partial charge < -0.3 is 5.32 Å². The lowest BCUT2D eigenvalue weighted by atomic mass is 10.0. The van der Waals surface area contributed by atoms with Crippen LogP contribution >= 0.6 is 27.3 Å². The van der Waals surface area contributed by atoms with Crippen molar-refractivity contribution in [3.63, 3.8) is 0 Å². The second-order valence-electron chi connectivity index (χ2n) is 4.72. The van der Waals surface area contributed by atoms with E-state index in [0.717, 1.165) is 18.7 Å². The topological polar surface area (TPSA) is 24.9 Å². The zero-order valence-corrected chi connectivity index (χ0v) is 13.9. The molecule has 0 aliphatic carbocycles. The average Bonchev–Trinajstić information content (AvgIpc) is 2.75. The van der Waals surface area contributed by atoms with E-state index in [1.165, 1.54) is 20.5 Å². The van der Waals surface area contributed by atoms with Gasteiger partial charge in [0.05, 0.1) is 11.7 Å². The van der Waals surface area contributed by atoms with Crippen molar-refractivity contribution in [2.45, 2.75) is 33.2 Å². The zero-order valence-electron chi connectivity index (χ0n) is 11.5. The molecule has 0 radical (unpaired) electrons. The van der Waals surface area contributed by atoms with Crippen molar-refractivity contribution in [2.75, 3.05) is 6.54 Å².